The van der Waals surface area contributed by atoms with Gasteiger partial charge in [-0.2, -0.15) is 0 Å². The zero-order valence-corrected chi connectivity index (χ0v) is 8.56. The van der Waals surface area contributed by atoms with Crippen molar-refractivity contribution >= 4 is 21.8 Å². The van der Waals surface area contributed by atoms with E-state index in [4.69, 9.17) is 0 Å². The van der Waals surface area contributed by atoms with Crippen molar-refractivity contribution in [1.29, 1.82) is 0 Å². The fourth-order valence-electron chi connectivity index (χ4n) is 0.641. The molecule has 0 heterocycles. The van der Waals surface area contributed by atoms with Gasteiger partial charge >= 0.3 is 6.03 Å². The van der Waals surface area contributed by atoms with Crippen molar-refractivity contribution in [3.63, 3.8) is 0 Å². The van der Waals surface area contributed by atoms with E-state index in [0.717, 1.165) is 6.26 Å². The van der Waals surface area contributed by atoms with Gasteiger partial charge in [-0.05, 0) is 0 Å². The SMILES string of the molecule is CS(=O)(=O)CCNCC(=O)NC(N)=O. The maximum absolute atomic E-state index is 10.8. The Morgan fingerprint density at radius 2 is 1.93 bits per heavy atom. The topological polar surface area (TPSA) is 118 Å². The minimum Gasteiger partial charge on any atom is -0.351 e. The van der Waals surface area contributed by atoms with E-state index in [1.807, 2.05) is 5.32 Å². The number of sulfone groups is 1. The van der Waals surface area contributed by atoms with Crippen molar-refractivity contribution in [1.82, 2.24) is 10.6 Å². The first-order chi connectivity index (χ1) is 6.31. The maximum atomic E-state index is 10.8. The van der Waals surface area contributed by atoms with Gasteiger partial charge in [0.15, 0.2) is 0 Å². The van der Waals surface area contributed by atoms with Crippen molar-refractivity contribution < 1.29 is 18.0 Å². The van der Waals surface area contributed by atoms with E-state index in [1.165, 1.54) is 0 Å². The molecule has 0 rings (SSSR count). The molecule has 0 unspecified atom stereocenters. The number of nitrogens with two attached hydrogens (primary N) is 1. The number of imide groups is 1. The molecule has 0 aromatic heterocycles. The number of primary amides is 1. The highest BCUT2D eigenvalue weighted by atomic mass is 32.2. The van der Waals surface area contributed by atoms with Crippen LogP contribution in [0, 0.1) is 0 Å². The molecular weight excluding hydrogens is 210 g/mol. The second-order valence-corrected chi connectivity index (χ2v) is 4.98. The molecule has 7 nitrogen and oxygen atoms in total. The quantitative estimate of drug-likeness (QED) is 0.458. The summed E-state index contributed by atoms with van der Waals surface area (Å²) in [5.74, 6) is -0.650. The van der Waals surface area contributed by atoms with Crippen LogP contribution in [0.25, 0.3) is 0 Å². The summed E-state index contributed by atoms with van der Waals surface area (Å²) in [5, 5.41) is 4.38. The van der Waals surface area contributed by atoms with Crippen LogP contribution in [0.2, 0.25) is 0 Å². The number of hydrogen-bond donors (Lipinski definition) is 3. The normalized spacial score (nSPS) is 10.9. The highest BCUT2D eigenvalue weighted by molar-refractivity contribution is 7.90. The first kappa shape index (κ1) is 12.8. The van der Waals surface area contributed by atoms with Crippen LogP contribution >= 0.6 is 0 Å². The van der Waals surface area contributed by atoms with Crippen LogP contribution in [-0.4, -0.2) is 45.5 Å². The van der Waals surface area contributed by atoms with Crippen LogP contribution < -0.4 is 16.4 Å². The lowest BCUT2D eigenvalue weighted by Crippen LogP contribution is -2.41. The summed E-state index contributed by atoms with van der Waals surface area (Å²) in [6.07, 6.45) is 1.10. The van der Waals surface area contributed by atoms with E-state index in [1.54, 1.807) is 0 Å². The number of urea groups is 1. The Kier molecular flexibility index (Phi) is 5.10. The Balaban J connectivity index is 3.56. The number of rotatable bonds is 5. The van der Waals surface area contributed by atoms with Gasteiger partial charge in [0.25, 0.3) is 0 Å². The molecule has 0 aromatic rings. The highest BCUT2D eigenvalue weighted by Crippen LogP contribution is 1.78. The molecule has 0 aromatic carbocycles. The van der Waals surface area contributed by atoms with E-state index >= 15 is 0 Å². The molecule has 0 aliphatic heterocycles. The molecule has 14 heavy (non-hydrogen) atoms. The molecule has 0 atom stereocenters. The molecule has 0 aliphatic carbocycles. The summed E-state index contributed by atoms with van der Waals surface area (Å²) in [5.41, 5.74) is 4.67. The highest BCUT2D eigenvalue weighted by Gasteiger charge is 2.04. The molecule has 0 aliphatic rings. The zero-order chi connectivity index (χ0) is 11.2. The van der Waals surface area contributed by atoms with E-state index in [2.05, 4.69) is 11.1 Å². The molecule has 0 spiro atoms. The third-order valence-electron chi connectivity index (χ3n) is 1.20. The Hall–Kier alpha value is -1.15. The Morgan fingerprint density at radius 1 is 1.36 bits per heavy atom. The van der Waals surface area contributed by atoms with Gasteiger partial charge in [0, 0.05) is 12.8 Å². The van der Waals surface area contributed by atoms with E-state index < -0.39 is 21.8 Å². The van der Waals surface area contributed by atoms with Gasteiger partial charge in [0.2, 0.25) is 5.91 Å². The van der Waals surface area contributed by atoms with Crippen LogP contribution in [0.4, 0.5) is 4.79 Å². The predicted molar refractivity (Wildman–Crippen MR) is 50.3 cm³/mol. The number of carbonyl (C=O) groups is 2. The van der Waals surface area contributed by atoms with Crippen LogP contribution in [0.3, 0.4) is 0 Å². The number of amides is 3. The average molecular weight is 223 g/mol. The molecule has 3 amide bonds. The second-order valence-electron chi connectivity index (χ2n) is 2.72. The summed E-state index contributed by atoms with van der Waals surface area (Å²) in [6, 6.07) is -0.931. The lowest BCUT2D eigenvalue weighted by molar-refractivity contribution is -0.119. The predicted octanol–water partition coefficient (Wildman–Crippen LogP) is -2.18. The molecule has 0 radical (unpaired) electrons. The van der Waals surface area contributed by atoms with Crippen molar-refractivity contribution in [2.45, 2.75) is 0 Å². The second kappa shape index (κ2) is 5.55. The Labute approximate surface area is 82.0 Å². The minimum absolute atomic E-state index is 0.0587. The fourth-order valence-corrected chi connectivity index (χ4v) is 1.16. The summed E-state index contributed by atoms with van der Waals surface area (Å²) >= 11 is 0. The molecule has 8 heteroatoms. The zero-order valence-electron chi connectivity index (χ0n) is 7.74. The minimum atomic E-state index is -3.03. The van der Waals surface area contributed by atoms with Crippen LogP contribution in [0.5, 0.6) is 0 Å². The number of hydrogen-bond acceptors (Lipinski definition) is 5. The van der Waals surface area contributed by atoms with Gasteiger partial charge in [-0.1, -0.05) is 0 Å². The smallest absolute Gasteiger partial charge is 0.318 e. The summed E-state index contributed by atoms with van der Waals surface area (Å²) < 4.78 is 21.3. The largest absolute Gasteiger partial charge is 0.351 e. The molecule has 0 saturated carbocycles. The lowest BCUT2D eigenvalue weighted by atomic mass is 10.5. The van der Waals surface area contributed by atoms with Gasteiger partial charge < -0.3 is 11.1 Å². The number of carbonyl (C=O) groups excluding carboxylic acids is 2. The van der Waals surface area contributed by atoms with Gasteiger partial charge in [-0.25, -0.2) is 13.2 Å². The number of nitrogens with one attached hydrogen (secondary N) is 2. The van der Waals surface area contributed by atoms with Crippen LogP contribution in [0.1, 0.15) is 0 Å². The molecule has 82 valence electrons. The van der Waals surface area contributed by atoms with Crippen LogP contribution in [0.15, 0.2) is 0 Å². The Morgan fingerprint density at radius 3 is 2.36 bits per heavy atom. The van der Waals surface area contributed by atoms with Crippen molar-refractivity contribution in [3.05, 3.63) is 0 Å². The molecule has 0 bridgehead atoms. The monoisotopic (exact) mass is 223 g/mol. The van der Waals surface area contributed by atoms with E-state index in [0.29, 0.717) is 0 Å². The summed E-state index contributed by atoms with van der Waals surface area (Å²) in [4.78, 5) is 20.9. The van der Waals surface area contributed by atoms with Gasteiger partial charge in [-0.15, -0.1) is 0 Å². The third kappa shape index (κ3) is 8.94. The Bertz CT molecular complexity index is 311. The molecule has 4 N–H and O–H groups in total. The van der Waals surface area contributed by atoms with Crippen molar-refractivity contribution in [3.8, 4) is 0 Å². The molecular formula is C6H13N3O4S. The first-order valence-corrected chi connectivity index (χ1v) is 5.85. The maximum Gasteiger partial charge on any atom is 0.318 e. The third-order valence-corrected chi connectivity index (χ3v) is 2.14. The fraction of sp³-hybridized carbons (Fsp3) is 0.667. The summed E-state index contributed by atoms with van der Waals surface area (Å²) in [6.45, 7) is 0.0173. The standard InChI is InChI=1S/C6H13N3O4S/c1-14(12,13)3-2-8-4-5(10)9-6(7)11/h8H,2-4H2,1H3,(H3,7,9,10,11). The van der Waals surface area contributed by atoms with Gasteiger partial charge in [0.05, 0.1) is 12.3 Å². The first-order valence-electron chi connectivity index (χ1n) is 3.79. The van der Waals surface area contributed by atoms with Crippen LogP contribution in [-0.2, 0) is 14.6 Å². The molecule has 0 fully saturated rings. The molecule has 0 saturated heterocycles. The average Bonchev–Trinajstić information content (AvgIpc) is 1.95. The van der Waals surface area contributed by atoms with Gasteiger partial charge in [-0.3, -0.25) is 10.1 Å². The van der Waals surface area contributed by atoms with E-state index in [9.17, 15) is 18.0 Å². The van der Waals surface area contributed by atoms with E-state index in [-0.39, 0.29) is 18.8 Å². The van der Waals surface area contributed by atoms with Crippen molar-refractivity contribution in [2.24, 2.45) is 5.73 Å². The lowest BCUT2D eigenvalue weighted by Gasteiger charge is -2.02. The van der Waals surface area contributed by atoms with Gasteiger partial charge in [0.1, 0.15) is 9.84 Å². The summed E-state index contributed by atoms with van der Waals surface area (Å²) in [7, 11) is -3.03. The van der Waals surface area contributed by atoms with Crippen molar-refractivity contribution in [2.75, 3.05) is 25.1 Å².